The van der Waals surface area contributed by atoms with E-state index in [4.69, 9.17) is 25.9 Å². The number of piperazine rings is 1. The highest BCUT2D eigenvalue weighted by atomic mass is 19.1. The predicted molar refractivity (Wildman–Crippen MR) is 195 cm³/mol. The number of rotatable bonds is 8. The first-order valence-electron chi connectivity index (χ1n) is 18.4. The summed E-state index contributed by atoms with van der Waals surface area (Å²) in [5.41, 5.74) is 3.78. The van der Waals surface area contributed by atoms with Crippen LogP contribution in [0.3, 0.4) is 0 Å². The molecule has 260 valence electrons. The Balaban J connectivity index is 1.16. The maximum absolute atomic E-state index is 17.6. The van der Waals surface area contributed by atoms with Gasteiger partial charge in [-0.2, -0.15) is 9.97 Å². The monoisotopic (exact) mass is 675 g/mol. The molecule has 0 radical (unpaired) electrons. The summed E-state index contributed by atoms with van der Waals surface area (Å²) < 4.78 is 30.2. The van der Waals surface area contributed by atoms with E-state index in [1.165, 1.54) is 0 Å². The second-order valence-electron chi connectivity index (χ2n) is 16.1. The largest absolute Gasteiger partial charge is 0.508 e. The molecule has 1 spiro atoms. The van der Waals surface area contributed by atoms with Gasteiger partial charge < -0.3 is 24.8 Å². The fourth-order valence-electron chi connectivity index (χ4n) is 8.87. The van der Waals surface area contributed by atoms with E-state index in [1.807, 2.05) is 19.1 Å². The summed E-state index contributed by atoms with van der Waals surface area (Å²) >= 11 is 0. The third-order valence-corrected chi connectivity index (χ3v) is 11.9. The summed E-state index contributed by atoms with van der Waals surface area (Å²) in [6.07, 6.45) is 12.8. The Bertz CT molecular complexity index is 2050. The number of fused-ring (bicyclic) bond motifs is 4. The Labute approximate surface area is 293 Å². The van der Waals surface area contributed by atoms with Crippen LogP contribution in [0.4, 0.5) is 10.2 Å². The van der Waals surface area contributed by atoms with Gasteiger partial charge in [0.2, 0.25) is 0 Å². The Morgan fingerprint density at radius 1 is 1.12 bits per heavy atom. The van der Waals surface area contributed by atoms with E-state index in [2.05, 4.69) is 41.0 Å². The summed E-state index contributed by atoms with van der Waals surface area (Å²) in [6, 6.07) is 10.2. The van der Waals surface area contributed by atoms with Gasteiger partial charge in [0.05, 0.1) is 18.8 Å². The van der Waals surface area contributed by atoms with Gasteiger partial charge in [0, 0.05) is 72.1 Å². The van der Waals surface area contributed by atoms with Gasteiger partial charge in [-0.05, 0) is 91.6 Å². The zero-order valence-corrected chi connectivity index (χ0v) is 29.3. The molecule has 3 aliphatic heterocycles. The molecule has 0 amide bonds. The number of phenols is 1. The highest BCUT2D eigenvalue weighted by Crippen LogP contribution is 2.49. The van der Waals surface area contributed by atoms with E-state index < -0.39 is 5.82 Å². The van der Waals surface area contributed by atoms with Crippen LogP contribution in [-0.4, -0.2) is 83.6 Å². The lowest BCUT2D eigenvalue weighted by Crippen LogP contribution is -2.51. The lowest BCUT2D eigenvalue weighted by Gasteiger charge is -2.35. The van der Waals surface area contributed by atoms with Crippen LogP contribution >= 0.6 is 0 Å². The number of nitrogens with one attached hydrogen (secondary N) is 1. The standard InChI is InChI=1S/C41H46FN5O3/c1-5-30-25(4)6-7-26-16-29(48)17-32(34(26)30)35-31(24(2)3)18-33-37(36(35)42)44-39(45-38(33)47-19-27-8-9-28(20-47)43-27)49-23-40(10-11-40)21-46-14-15-50-41(22-46)12-13-41/h1,6-7,16-18,24,27-28,43,48H,8-15,19-23H2,2-4H3. The van der Waals surface area contributed by atoms with Gasteiger partial charge in [0.1, 0.15) is 17.1 Å². The van der Waals surface area contributed by atoms with Crippen LogP contribution in [0.15, 0.2) is 30.3 Å². The lowest BCUT2D eigenvalue weighted by molar-refractivity contribution is -0.0532. The van der Waals surface area contributed by atoms with Gasteiger partial charge in [-0.25, -0.2) is 4.39 Å². The molecule has 8 nitrogen and oxygen atoms in total. The Kier molecular flexibility index (Phi) is 7.54. The smallest absolute Gasteiger partial charge is 0.319 e. The number of hydrogen-bond acceptors (Lipinski definition) is 8. The number of halogens is 1. The molecule has 9 heteroatoms. The van der Waals surface area contributed by atoms with Gasteiger partial charge in [-0.3, -0.25) is 4.90 Å². The average Bonchev–Trinajstić information content (AvgIpc) is 4.02. The molecule has 3 saturated heterocycles. The highest BCUT2D eigenvalue weighted by Gasteiger charge is 2.51. The van der Waals surface area contributed by atoms with Crippen molar-refractivity contribution in [3.05, 3.63) is 52.8 Å². The minimum atomic E-state index is -0.446. The molecule has 9 rings (SSSR count). The summed E-state index contributed by atoms with van der Waals surface area (Å²) in [5.74, 6) is 3.15. The van der Waals surface area contributed by atoms with Crippen LogP contribution in [0, 0.1) is 30.5 Å². The summed E-state index contributed by atoms with van der Waals surface area (Å²) in [6.45, 7) is 11.9. The van der Waals surface area contributed by atoms with Crippen LogP contribution in [0.1, 0.15) is 75.0 Å². The maximum atomic E-state index is 17.6. The molecule has 2 aliphatic carbocycles. The van der Waals surface area contributed by atoms with Crippen molar-refractivity contribution >= 4 is 27.5 Å². The van der Waals surface area contributed by atoms with Crippen LogP contribution in [0.5, 0.6) is 11.8 Å². The van der Waals surface area contributed by atoms with E-state index >= 15 is 4.39 Å². The third kappa shape index (κ3) is 5.57. The molecule has 50 heavy (non-hydrogen) atoms. The van der Waals surface area contributed by atoms with E-state index in [0.717, 1.165) is 106 Å². The molecule has 3 aromatic carbocycles. The van der Waals surface area contributed by atoms with Gasteiger partial charge >= 0.3 is 6.01 Å². The number of terminal acetylenes is 1. The summed E-state index contributed by atoms with van der Waals surface area (Å²) in [4.78, 5) is 14.8. The van der Waals surface area contributed by atoms with E-state index in [0.29, 0.717) is 40.8 Å². The third-order valence-electron chi connectivity index (χ3n) is 11.9. The fourth-order valence-corrected chi connectivity index (χ4v) is 8.87. The molecule has 1 aromatic heterocycles. The first-order chi connectivity index (χ1) is 24.1. The SMILES string of the molecule is C#Cc1c(C)ccc2cc(O)cc(-c3c(C(C)C)cc4c(N5CC6CCC(C5)N6)nc(OCC5(CN6CCOC7(CC7)C6)CC5)nc4c3F)c12. The molecule has 2 N–H and O–H groups in total. The summed E-state index contributed by atoms with van der Waals surface area (Å²) in [5, 5.41) is 16.8. The maximum Gasteiger partial charge on any atom is 0.319 e. The quantitative estimate of drug-likeness (QED) is 0.201. The minimum Gasteiger partial charge on any atom is -0.508 e. The van der Waals surface area contributed by atoms with E-state index in [9.17, 15) is 5.11 Å². The zero-order valence-electron chi connectivity index (χ0n) is 29.3. The van der Waals surface area contributed by atoms with E-state index in [1.54, 1.807) is 12.1 Å². The molecule has 2 bridgehead atoms. The zero-order chi connectivity index (χ0) is 34.4. The molecular formula is C41H46FN5O3. The van der Waals surface area contributed by atoms with Gasteiger partial charge in [0.25, 0.3) is 0 Å². The first-order valence-corrected chi connectivity index (χ1v) is 18.4. The minimum absolute atomic E-state index is 0.0342. The number of anilines is 1. The number of morpholine rings is 1. The number of ether oxygens (including phenoxy) is 2. The van der Waals surface area contributed by atoms with Crippen molar-refractivity contribution in [1.82, 2.24) is 20.2 Å². The lowest BCUT2D eigenvalue weighted by atomic mass is 9.86. The second-order valence-corrected chi connectivity index (χ2v) is 16.1. The number of hydrogen-bond donors (Lipinski definition) is 2. The fraction of sp³-hybridized carbons (Fsp3) is 0.512. The molecule has 5 fully saturated rings. The van der Waals surface area contributed by atoms with Crippen molar-refractivity contribution in [2.75, 3.05) is 50.8 Å². The van der Waals surface area contributed by atoms with Crippen LogP contribution in [0.2, 0.25) is 0 Å². The van der Waals surface area contributed by atoms with Gasteiger partial charge in [0.15, 0.2) is 5.82 Å². The van der Waals surface area contributed by atoms with Crippen molar-refractivity contribution in [3.63, 3.8) is 0 Å². The number of aryl methyl sites for hydroxylation is 1. The topological polar surface area (TPSA) is 83.0 Å². The molecule has 2 saturated carbocycles. The number of phenolic OH excluding ortho intramolecular Hbond substituents is 1. The molecule has 5 aliphatic rings. The van der Waals surface area contributed by atoms with E-state index in [-0.39, 0.29) is 34.2 Å². The molecule has 4 heterocycles. The number of benzene rings is 3. The number of aromatic hydroxyl groups is 1. The average molecular weight is 676 g/mol. The first kappa shape index (κ1) is 32.0. The van der Waals surface area contributed by atoms with Crippen LogP contribution in [0.25, 0.3) is 32.8 Å². The molecule has 2 atom stereocenters. The van der Waals surface area contributed by atoms with Gasteiger partial charge in [-0.1, -0.05) is 31.9 Å². The summed E-state index contributed by atoms with van der Waals surface area (Å²) in [7, 11) is 0. The predicted octanol–water partition coefficient (Wildman–Crippen LogP) is 6.67. The van der Waals surface area contributed by atoms with Crippen LogP contribution in [-0.2, 0) is 4.74 Å². The Morgan fingerprint density at radius 3 is 2.60 bits per heavy atom. The normalized spacial score (nSPS) is 23.6. The van der Waals surface area contributed by atoms with Crippen molar-refractivity contribution in [2.24, 2.45) is 5.41 Å². The highest BCUT2D eigenvalue weighted by molar-refractivity contribution is 6.05. The van der Waals surface area contributed by atoms with Crippen molar-refractivity contribution in [1.29, 1.82) is 0 Å². The number of aromatic nitrogens is 2. The van der Waals surface area contributed by atoms with Crippen molar-refractivity contribution in [2.45, 2.75) is 82.9 Å². The van der Waals surface area contributed by atoms with Gasteiger partial charge in [-0.15, -0.1) is 6.42 Å². The van der Waals surface area contributed by atoms with Crippen molar-refractivity contribution in [3.8, 4) is 35.2 Å². The number of nitrogens with zero attached hydrogens (tertiary/aromatic N) is 4. The molecule has 4 aromatic rings. The molecular weight excluding hydrogens is 629 g/mol. The Hall–Kier alpha value is -3.97. The second kappa shape index (κ2) is 11.8. The Morgan fingerprint density at radius 2 is 1.90 bits per heavy atom. The van der Waals surface area contributed by atoms with Crippen molar-refractivity contribution < 1.29 is 19.0 Å². The molecule has 2 unspecified atom stereocenters. The van der Waals surface area contributed by atoms with Crippen LogP contribution < -0.4 is 15.0 Å².